The van der Waals surface area contributed by atoms with Crippen molar-refractivity contribution in [2.24, 2.45) is 10.9 Å². The molecule has 34 heavy (non-hydrogen) atoms. The van der Waals surface area contributed by atoms with Crippen LogP contribution in [0.25, 0.3) is 0 Å². The quantitative estimate of drug-likeness (QED) is 0.435. The molecule has 12 heteroatoms. The number of hydrogen-bond donors (Lipinski definition) is 1. The van der Waals surface area contributed by atoms with Gasteiger partial charge >= 0.3 is 6.03 Å². The van der Waals surface area contributed by atoms with E-state index in [0.717, 1.165) is 4.90 Å². The summed E-state index contributed by atoms with van der Waals surface area (Å²) >= 11 is 0. The topological polar surface area (TPSA) is 128 Å². The molecule has 1 N–H and O–H groups in total. The molecule has 4 heterocycles. The molecule has 1 atom stereocenters. The number of nitrogens with zero attached hydrogens (tertiary/aromatic N) is 5. The number of amides is 5. The lowest BCUT2D eigenvalue weighted by Gasteiger charge is -2.37. The summed E-state index contributed by atoms with van der Waals surface area (Å²) in [7, 11) is 3.05. The van der Waals surface area contributed by atoms with Gasteiger partial charge in [-0.05, 0) is 12.1 Å². The van der Waals surface area contributed by atoms with Crippen molar-refractivity contribution in [3.63, 3.8) is 0 Å². The molecule has 0 spiro atoms. The normalized spacial score (nSPS) is 20.5. The zero-order chi connectivity index (χ0) is 24.2. The fourth-order valence-corrected chi connectivity index (χ4v) is 4.19. The first-order valence-electron chi connectivity index (χ1n) is 11.0. The van der Waals surface area contributed by atoms with Crippen molar-refractivity contribution in [3.8, 4) is 0 Å². The van der Waals surface area contributed by atoms with Crippen molar-refractivity contribution in [1.29, 1.82) is 0 Å². The Morgan fingerprint density at radius 1 is 1.29 bits per heavy atom. The van der Waals surface area contributed by atoms with E-state index in [1.807, 2.05) is 4.58 Å². The third-order valence-electron chi connectivity index (χ3n) is 5.97. The highest BCUT2D eigenvalue weighted by atomic mass is 16.5. The minimum absolute atomic E-state index is 0.180. The van der Waals surface area contributed by atoms with E-state index < -0.39 is 30.3 Å². The van der Waals surface area contributed by atoms with Crippen LogP contribution in [0.15, 0.2) is 40.1 Å². The fourth-order valence-electron chi connectivity index (χ4n) is 4.19. The fraction of sp³-hybridized carbons (Fsp3) is 0.455. The Bertz CT molecular complexity index is 1070. The first kappa shape index (κ1) is 23.4. The van der Waals surface area contributed by atoms with Crippen LogP contribution in [0.1, 0.15) is 10.6 Å². The van der Waals surface area contributed by atoms with Gasteiger partial charge in [0.2, 0.25) is 5.91 Å². The number of amidine groups is 1. The predicted molar refractivity (Wildman–Crippen MR) is 119 cm³/mol. The summed E-state index contributed by atoms with van der Waals surface area (Å²) in [6, 6.07) is 2.69. The number of methoxy groups -OCH3 is 1. The first-order valence-corrected chi connectivity index (χ1v) is 11.0. The molecule has 0 saturated carbocycles. The summed E-state index contributed by atoms with van der Waals surface area (Å²) in [4.78, 5) is 59.3. The van der Waals surface area contributed by atoms with E-state index >= 15 is 0 Å². The molecule has 2 saturated heterocycles. The third-order valence-corrected chi connectivity index (χ3v) is 5.97. The number of furan rings is 1. The van der Waals surface area contributed by atoms with Gasteiger partial charge in [0, 0.05) is 33.0 Å². The molecule has 180 valence electrons. The minimum atomic E-state index is -0.813. The number of urea groups is 1. The molecule has 0 aliphatic carbocycles. The van der Waals surface area contributed by atoms with Gasteiger partial charge in [0.15, 0.2) is 30.5 Å². The minimum Gasteiger partial charge on any atom is -0.459 e. The summed E-state index contributed by atoms with van der Waals surface area (Å²) in [6.07, 6.45) is 4.77. The highest BCUT2D eigenvalue weighted by Gasteiger charge is 2.49. The maximum Gasteiger partial charge on any atom is 0.332 e. The van der Waals surface area contributed by atoms with E-state index in [4.69, 9.17) is 9.15 Å². The Balaban J connectivity index is 1.51. The molecule has 1 aromatic heterocycles. The second kappa shape index (κ2) is 10.00. The monoisotopic (exact) mass is 471 g/mol. The van der Waals surface area contributed by atoms with E-state index in [0.29, 0.717) is 44.3 Å². The SMILES string of the molecule is COCCNC(=O)CN1C(=O)C2C(=NC=CC2=[N+]2CCN(C(=O)c3ccco3)CC2)N(C)C1=O. The molecule has 2 fully saturated rings. The summed E-state index contributed by atoms with van der Waals surface area (Å²) in [5.74, 6) is -1.34. The van der Waals surface area contributed by atoms with E-state index in [2.05, 4.69) is 10.3 Å². The van der Waals surface area contributed by atoms with Gasteiger partial charge in [0.25, 0.3) is 11.8 Å². The molecule has 0 radical (unpaired) electrons. The number of ether oxygens (including phenoxy) is 1. The molecule has 12 nitrogen and oxygen atoms in total. The van der Waals surface area contributed by atoms with E-state index in [-0.39, 0.29) is 18.2 Å². The Morgan fingerprint density at radius 3 is 2.74 bits per heavy atom. The number of nitrogens with one attached hydrogen (secondary N) is 1. The van der Waals surface area contributed by atoms with Crippen LogP contribution in [0.5, 0.6) is 0 Å². The van der Waals surface area contributed by atoms with Crippen molar-refractivity contribution >= 4 is 35.3 Å². The predicted octanol–water partition coefficient (Wildman–Crippen LogP) is -0.612. The van der Waals surface area contributed by atoms with Crippen LogP contribution in [0.4, 0.5) is 4.79 Å². The van der Waals surface area contributed by atoms with Gasteiger partial charge in [-0.25, -0.2) is 14.4 Å². The molecule has 5 amide bonds. The lowest BCUT2D eigenvalue weighted by Crippen LogP contribution is -2.63. The maximum absolute atomic E-state index is 13.4. The number of rotatable bonds is 6. The third kappa shape index (κ3) is 4.49. The van der Waals surface area contributed by atoms with E-state index in [9.17, 15) is 19.2 Å². The van der Waals surface area contributed by atoms with Crippen molar-refractivity contribution in [2.45, 2.75) is 0 Å². The lowest BCUT2D eigenvalue weighted by atomic mass is 9.94. The van der Waals surface area contributed by atoms with Gasteiger partial charge in [-0.15, -0.1) is 0 Å². The molecule has 3 aliphatic rings. The average Bonchev–Trinajstić information content (AvgIpc) is 3.40. The largest absolute Gasteiger partial charge is 0.459 e. The number of carbonyl (C=O) groups excluding carboxylic acids is 4. The van der Waals surface area contributed by atoms with Crippen molar-refractivity contribution in [1.82, 2.24) is 20.0 Å². The molecule has 3 aliphatic heterocycles. The second-order valence-electron chi connectivity index (χ2n) is 8.03. The second-order valence-corrected chi connectivity index (χ2v) is 8.03. The van der Waals surface area contributed by atoms with Gasteiger partial charge < -0.3 is 19.4 Å². The summed E-state index contributed by atoms with van der Waals surface area (Å²) in [5.41, 5.74) is 0.684. The first-order chi connectivity index (χ1) is 16.4. The number of aliphatic imine (C=N–C) groups is 1. The smallest absolute Gasteiger partial charge is 0.332 e. The molecule has 0 bridgehead atoms. The molecule has 0 aromatic carbocycles. The average molecular weight is 471 g/mol. The Labute approximate surface area is 196 Å². The summed E-state index contributed by atoms with van der Waals surface area (Å²) < 4.78 is 12.1. The van der Waals surface area contributed by atoms with Crippen LogP contribution in [-0.2, 0) is 14.3 Å². The van der Waals surface area contributed by atoms with E-state index in [1.54, 1.807) is 29.3 Å². The van der Waals surface area contributed by atoms with Crippen LogP contribution in [-0.4, -0.2) is 115 Å². The molecular formula is C22H27N6O6+. The van der Waals surface area contributed by atoms with Crippen LogP contribution in [0, 0.1) is 5.92 Å². The van der Waals surface area contributed by atoms with Gasteiger partial charge in [-0.3, -0.25) is 24.2 Å². The highest BCUT2D eigenvalue weighted by Crippen LogP contribution is 2.23. The Hall–Kier alpha value is -3.80. The molecule has 4 rings (SSSR count). The zero-order valence-electron chi connectivity index (χ0n) is 19.1. The van der Waals surface area contributed by atoms with Crippen molar-refractivity contribution in [3.05, 3.63) is 36.4 Å². The maximum atomic E-state index is 13.4. The number of piperazine rings is 1. The van der Waals surface area contributed by atoms with Crippen LogP contribution < -0.4 is 5.32 Å². The van der Waals surface area contributed by atoms with Crippen LogP contribution in [0.2, 0.25) is 0 Å². The van der Waals surface area contributed by atoms with Gasteiger partial charge in [-0.2, -0.15) is 0 Å². The molecule has 1 unspecified atom stereocenters. The van der Waals surface area contributed by atoms with Gasteiger partial charge in [0.1, 0.15) is 12.4 Å². The van der Waals surface area contributed by atoms with E-state index in [1.165, 1.54) is 25.3 Å². The van der Waals surface area contributed by atoms with Gasteiger partial charge in [-0.1, -0.05) is 0 Å². The molecular weight excluding hydrogens is 444 g/mol. The number of fused-ring (bicyclic) bond motifs is 1. The lowest BCUT2D eigenvalue weighted by molar-refractivity contribution is -0.538. The van der Waals surface area contributed by atoms with Crippen LogP contribution in [0.3, 0.4) is 0 Å². The van der Waals surface area contributed by atoms with Crippen molar-refractivity contribution < 1.29 is 32.9 Å². The zero-order valence-corrected chi connectivity index (χ0v) is 19.1. The number of allylic oxidation sites excluding steroid dienone is 1. The standard InChI is InChI=1S/C22H26N6O6/c1-25-19-18(21(31)28(22(25)32)14-17(29)23-7-13-33-2)15(5-6-24-19)26-8-10-27(11-9-26)20(30)16-4-3-12-34-16/h3-6,12,18H,7-11,13-14H2,1-2H3/p+1. The summed E-state index contributed by atoms with van der Waals surface area (Å²) in [6.45, 7) is 2.10. The summed E-state index contributed by atoms with van der Waals surface area (Å²) in [5, 5.41) is 2.63. The van der Waals surface area contributed by atoms with Crippen molar-refractivity contribution in [2.75, 3.05) is 60.0 Å². The number of carbonyl (C=O) groups is 4. The number of hydrogen-bond acceptors (Lipinski definition) is 7. The van der Waals surface area contributed by atoms with Crippen LogP contribution >= 0.6 is 0 Å². The Kier molecular flexibility index (Phi) is 6.87. The highest BCUT2D eigenvalue weighted by molar-refractivity contribution is 6.31. The number of imide groups is 1. The molecule has 1 aromatic rings. The van der Waals surface area contributed by atoms with Gasteiger partial charge in [0.05, 0.1) is 26.0 Å². The Morgan fingerprint density at radius 2 is 2.06 bits per heavy atom.